The predicted octanol–water partition coefficient (Wildman–Crippen LogP) is 2.52. The van der Waals surface area contributed by atoms with Gasteiger partial charge in [-0.25, -0.2) is 0 Å². The number of hydrogen-bond donors (Lipinski definition) is 1. The van der Waals surface area contributed by atoms with Gasteiger partial charge in [0.2, 0.25) is 0 Å². The van der Waals surface area contributed by atoms with Crippen LogP contribution in [-0.4, -0.2) is 12.4 Å². The molecule has 76 valence electrons. The Morgan fingerprint density at radius 3 is 2.71 bits per heavy atom. The van der Waals surface area contributed by atoms with Gasteiger partial charge in [0.25, 0.3) is 0 Å². The van der Waals surface area contributed by atoms with Crippen molar-refractivity contribution in [3.63, 3.8) is 0 Å². The smallest absolute Gasteiger partial charge is 0.159 e. The van der Waals surface area contributed by atoms with Crippen LogP contribution in [0.1, 0.15) is 24.2 Å². The Kier molecular flexibility index (Phi) is 3.36. The number of carbonyl (C=O) groups is 1. The average Bonchev–Trinajstić information content (AvgIpc) is 2.12. The van der Waals surface area contributed by atoms with E-state index in [0.29, 0.717) is 28.6 Å². The minimum atomic E-state index is -0.0622. The van der Waals surface area contributed by atoms with Gasteiger partial charge in [0.1, 0.15) is 5.75 Å². The van der Waals surface area contributed by atoms with E-state index in [4.69, 9.17) is 22.1 Å². The molecule has 0 aliphatic carbocycles. The molecule has 1 aromatic rings. The summed E-state index contributed by atoms with van der Waals surface area (Å²) in [6, 6.07) is 3.15. The molecule has 1 rings (SSSR count). The first kappa shape index (κ1) is 10.9. The van der Waals surface area contributed by atoms with Crippen LogP contribution in [0.15, 0.2) is 12.1 Å². The Bertz CT molecular complexity index is 363. The van der Waals surface area contributed by atoms with Crippen molar-refractivity contribution in [3.05, 3.63) is 22.7 Å². The lowest BCUT2D eigenvalue weighted by Gasteiger charge is -2.09. The number of nitrogens with two attached hydrogens (primary N) is 1. The van der Waals surface area contributed by atoms with Gasteiger partial charge in [-0.2, -0.15) is 0 Å². The van der Waals surface area contributed by atoms with Crippen LogP contribution in [0.2, 0.25) is 5.02 Å². The van der Waals surface area contributed by atoms with E-state index in [1.807, 2.05) is 6.92 Å². The average molecular weight is 214 g/mol. The molecular weight excluding hydrogens is 202 g/mol. The molecule has 0 atom stereocenters. The highest BCUT2D eigenvalue weighted by Gasteiger charge is 2.09. The third-order valence-corrected chi connectivity index (χ3v) is 2.11. The molecule has 0 aliphatic heterocycles. The van der Waals surface area contributed by atoms with Crippen molar-refractivity contribution in [3.8, 4) is 5.75 Å². The molecule has 0 spiro atoms. The Morgan fingerprint density at radius 1 is 1.57 bits per heavy atom. The monoisotopic (exact) mass is 213 g/mol. The molecule has 0 radical (unpaired) electrons. The molecule has 0 bridgehead atoms. The summed E-state index contributed by atoms with van der Waals surface area (Å²) in [5.41, 5.74) is 6.55. The molecule has 4 heteroatoms. The third kappa shape index (κ3) is 2.17. The van der Waals surface area contributed by atoms with Crippen LogP contribution in [0.5, 0.6) is 5.75 Å². The Hall–Kier alpha value is -1.22. The van der Waals surface area contributed by atoms with Crippen LogP contribution in [0, 0.1) is 0 Å². The van der Waals surface area contributed by atoms with Crippen molar-refractivity contribution in [1.29, 1.82) is 0 Å². The van der Waals surface area contributed by atoms with Crippen molar-refractivity contribution < 1.29 is 9.53 Å². The molecule has 0 heterocycles. The Morgan fingerprint density at radius 2 is 2.21 bits per heavy atom. The van der Waals surface area contributed by atoms with E-state index < -0.39 is 0 Å². The van der Waals surface area contributed by atoms with Crippen LogP contribution in [0.25, 0.3) is 0 Å². The van der Waals surface area contributed by atoms with E-state index >= 15 is 0 Å². The second-order valence-electron chi connectivity index (χ2n) is 2.86. The Balaban J connectivity index is 3.20. The maximum Gasteiger partial charge on any atom is 0.159 e. The van der Waals surface area contributed by atoms with Crippen molar-refractivity contribution in [2.24, 2.45) is 0 Å². The number of anilines is 1. The third-order valence-electron chi connectivity index (χ3n) is 1.80. The summed E-state index contributed by atoms with van der Waals surface area (Å²) in [5.74, 6) is 0.401. The standard InChI is InChI=1S/C10H12ClNO2/c1-3-14-9-5-7(6(2)13)4-8(11)10(9)12/h4-5H,3,12H2,1-2H3. The first-order valence-electron chi connectivity index (χ1n) is 4.29. The highest BCUT2D eigenvalue weighted by Crippen LogP contribution is 2.31. The summed E-state index contributed by atoms with van der Waals surface area (Å²) in [4.78, 5) is 11.1. The number of halogens is 1. The minimum absolute atomic E-state index is 0.0622. The second kappa shape index (κ2) is 4.33. The van der Waals surface area contributed by atoms with Gasteiger partial charge in [0.15, 0.2) is 5.78 Å². The van der Waals surface area contributed by atoms with E-state index in [9.17, 15) is 4.79 Å². The Labute approximate surface area is 87.8 Å². The van der Waals surface area contributed by atoms with Crippen LogP contribution >= 0.6 is 11.6 Å². The number of Topliss-reactive ketones (excluding diaryl/α,β-unsaturated/α-hetero) is 1. The normalized spacial score (nSPS) is 9.93. The predicted molar refractivity (Wildman–Crippen MR) is 57.0 cm³/mol. The molecular formula is C10H12ClNO2. The van der Waals surface area contributed by atoms with Gasteiger partial charge < -0.3 is 10.5 Å². The first-order valence-corrected chi connectivity index (χ1v) is 4.66. The molecule has 0 fully saturated rings. The lowest BCUT2D eigenvalue weighted by Crippen LogP contribution is -2.01. The zero-order chi connectivity index (χ0) is 10.7. The zero-order valence-electron chi connectivity index (χ0n) is 8.13. The number of ketones is 1. The molecule has 0 saturated carbocycles. The molecule has 0 aliphatic rings. The highest BCUT2D eigenvalue weighted by molar-refractivity contribution is 6.33. The summed E-state index contributed by atoms with van der Waals surface area (Å²) < 4.78 is 5.25. The highest BCUT2D eigenvalue weighted by atomic mass is 35.5. The molecule has 1 aromatic carbocycles. The summed E-state index contributed by atoms with van der Waals surface area (Å²) in [7, 11) is 0. The van der Waals surface area contributed by atoms with E-state index in [-0.39, 0.29) is 5.78 Å². The SMILES string of the molecule is CCOc1cc(C(C)=O)cc(Cl)c1N. The number of hydrogen-bond acceptors (Lipinski definition) is 3. The molecule has 0 aromatic heterocycles. The summed E-state index contributed by atoms with van der Waals surface area (Å²) in [6.07, 6.45) is 0. The van der Waals surface area contributed by atoms with Crippen molar-refractivity contribution in [1.82, 2.24) is 0 Å². The fourth-order valence-corrected chi connectivity index (χ4v) is 1.28. The quantitative estimate of drug-likeness (QED) is 0.620. The van der Waals surface area contributed by atoms with E-state index in [1.165, 1.54) is 6.92 Å². The molecule has 2 N–H and O–H groups in total. The maximum atomic E-state index is 11.1. The number of nitrogen functional groups attached to an aromatic ring is 1. The fourth-order valence-electron chi connectivity index (χ4n) is 1.07. The number of ether oxygens (including phenoxy) is 1. The number of benzene rings is 1. The van der Waals surface area contributed by atoms with Gasteiger partial charge >= 0.3 is 0 Å². The first-order chi connectivity index (χ1) is 6.56. The lowest BCUT2D eigenvalue weighted by molar-refractivity contribution is 0.101. The van der Waals surface area contributed by atoms with Crippen molar-refractivity contribution >= 4 is 23.1 Å². The van der Waals surface area contributed by atoms with E-state index in [2.05, 4.69) is 0 Å². The fraction of sp³-hybridized carbons (Fsp3) is 0.300. The minimum Gasteiger partial charge on any atom is -0.492 e. The molecule has 0 unspecified atom stereocenters. The van der Waals surface area contributed by atoms with Gasteiger partial charge in [-0.15, -0.1) is 0 Å². The van der Waals surface area contributed by atoms with Crippen LogP contribution in [-0.2, 0) is 0 Å². The number of carbonyl (C=O) groups excluding carboxylic acids is 1. The van der Waals surface area contributed by atoms with Gasteiger partial charge in [0.05, 0.1) is 17.3 Å². The molecule has 14 heavy (non-hydrogen) atoms. The summed E-state index contributed by atoms with van der Waals surface area (Å²) in [6.45, 7) is 3.80. The second-order valence-corrected chi connectivity index (χ2v) is 3.27. The van der Waals surface area contributed by atoms with Gasteiger partial charge in [-0.1, -0.05) is 11.6 Å². The van der Waals surface area contributed by atoms with E-state index in [0.717, 1.165) is 0 Å². The topological polar surface area (TPSA) is 52.3 Å². The van der Waals surface area contributed by atoms with Crippen LogP contribution in [0.3, 0.4) is 0 Å². The summed E-state index contributed by atoms with van der Waals surface area (Å²) in [5, 5.41) is 0.348. The zero-order valence-corrected chi connectivity index (χ0v) is 8.89. The van der Waals surface area contributed by atoms with Crippen molar-refractivity contribution in [2.75, 3.05) is 12.3 Å². The van der Waals surface area contributed by atoms with Gasteiger partial charge in [0, 0.05) is 5.56 Å². The van der Waals surface area contributed by atoms with E-state index in [1.54, 1.807) is 12.1 Å². The lowest BCUT2D eigenvalue weighted by atomic mass is 10.1. The number of rotatable bonds is 3. The molecule has 3 nitrogen and oxygen atoms in total. The van der Waals surface area contributed by atoms with Crippen LogP contribution < -0.4 is 10.5 Å². The summed E-state index contributed by atoms with van der Waals surface area (Å²) >= 11 is 5.84. The molecule has 0 amide bonds. The van der Waals surface area contributed by atoms with Gasteiger partial charge in [-0.05, 0) is 26.0 Å². The van der Waals surface area contributed by atoms with Crippen LogP contribution in [0.4, 0.5) is 5.69 Å². The largest absolute Gasteiger partial charge is 0.492 e. The van der Waals surface area contributed by atoms with Crippen molar-refractivity contribution in [2.45, 2.75) is 13.8 Å². The van der Waals surface area contributed by atoms with Gasteiger partial charge in [-0.3, -0.25) is 4.79 Å². The molecule has 0 saturated heterocycles. The maximum absolute atomic E-state index is 11.1.